The largest absolute Gasteiger partial charge is 0.242 e. The molecule has 1 aliphatic carbocycles. The van der Waals surface area contributed by atoms with Crippen molar-refractivity contribution in [1.29, 1.82) is 0 Å². The summed E-state index contributed by atoms with van der Waals surface area (Å²) >= 11 is 0. The highest BCUT2D eigenvalue weighted by Crippen LogP contribution is 2.37. The predicted molar refractivity (Wildman–Crippen MR) is 62.4 cm³/mol. The van der Waals surface area contributed by atoms with Gasteiger partial charge >= 0.3 is 0 Å². The fraction of sp³-hybridized carbons (Fsp3) is 0.286. The summed E-state index contributed by atoms with van der Waals surface area (Å²) in [6.45, 7) is 3.09. The second-order valence-electron chi connectivity index (χ2n) is 4.53. The quantitative estimate of drug-likeness (QED) is 0.642. The lowest BCUT2D eigenvalue weighted by Gasteiger charge is -2.19. The summed E-state index contributed by atoms with van der Waals surface area (Å²) < 4.78 is 55.0. The van der Waals surface area contributed by atoms with E-state index in [1.165, 1.54) is 6.92 Å². The molecule has 0 heterocycles. The van der Waals surface area contributed by atoms with Gasteiger partial charge in [0, 0.05) is 12.0 Å². The van der Waals surface area contributed by atoms with Crippen LogP contribution in [0.2, 0.25) is 0 Å². The fourth-order valence-electron chi connectivity index (χ4n) is 2.12. The summed E-state index contributed by atoms with van der Waals surface area (Å²) in [5.74, 6) is -2.78. The Hall–Kier alpha value is -1.58. The topological polar surface area (TPSA) is 0 Å². The van der Waals surface area contributed by atoms with Crippen LogP contribution in [0.3, 0.4) is 0 Å². The molecule has 0 nitrogen and oxygen atoms in total. The third kappa shape index (κ3) is 2.19. The minimum atomic E-state index is -1.72. The molecule has 0 spiro atoms. The zero-order valence-electron chi connectivity index (χ0n) is 10.0. The monoisotopic (exact) mass is 256 g/mol. The van der Waals surface area contributed by atoms with Crippen LogP contribution in [0.1, 0.15) is 24.5 Å². The molecule has 1 aromatic carbocycles. The van der Waals surface area contributed by atoms with Crippen molar-refractivity contribution in [3.05, 3.63) is 52.4 Å². The minimum absolute atomic E-state index is 0.0461. The van der Waals surface area contributed by atoms with Crippen LogP contribution in [-0.2, 0) is 0 Å². The van der Waals surface area contributed by atoms with E-state index in [1.807, 2.05) is 0 Å². The van der Waals surface area contributed by atoms with Crippen molar-refractivity contribution in [3.63, 3.8) is 0 Å². The Kier molecular flexibility index (Phi) is 3.28. The molecule has 0 saturated heterocycles. The molecule has 4 heteroatoms. The Morgan fingerprint density at radius 2 is 1.61 bits per heavy atom. The van der Waals surface area contributed by atoms with E-state index in [2.05, 4.69) is 0 Å². The van der Waals surface area contributed by atoms with E-state index in [1.54, 1.807) is 6.92 Å². The van der Waals surface area contributed by atoms with Gasteiger partial charge in [0.2, 0.25) is 0 Å². The third-order valence-electron chi connectivity index (χ3n) is 2.90. The average molecular weight is 256 g/mol. The molecule has 0 aromatic heterocycles. The lowest BCUT2D eigenvalue weighted by Crippen LogP contribution is -2.13. The second-order valence-corrected chi connectivity index (χ2v) is 4.53. The van der Waals surface area contributed by atoms with Crippen LogP contribution >= 0.6 is 0 Å². The van der Waals surface area contributed by atoms with Crippen molar-refractivity contribution in [1.82, 2.24) is 0 Å². The molecule has 0 fully saturated rings. The van der Waals surface area contributed by atoms with Crippen LogP contribution < -0.4 is 0 Å². The van der Waals surface area contributed by atoms with Crippen molar-refractivity contribution >= 4 is 5.57 Å². The van der Waals surface area contributed by atoms with Gasteiger partial charge in [-0.2, -0.15) is 0 Å². The van der Waals surface area contributed by atoms with E-state index in [-0.39, 0.29) is 6.42 Å². The minimum Gasteiger partial charge on any atom is -0.242 e. The highest BCUT2D eigenvalue weighted by atomic mass is 19.1. The Balaban J connectivity index is 2.65. The van der Waals surface area contributed by atoms with Gasteiger partial charge in [-0.15, -0.1) is 0 Å². The molecule has 18 heavy (non-hydrogen) atoms. The molecular formula is C14H12F4. The zero-order chi connectivity index (χ0) is 13.4. The van der Waals surface area contributed by atoms with Crippen molar-refractivity contribution in [3.8, 4) is 0 Å². The number of benzene rings is 1. The van der Waals surface area contributed by atoms with E-state index >= 15 is 0 Å². The average Bonchev–Trinajstić information content (AvgIpc) is 2.20. The molecule has 1 atom stereocenters. The highest BCUT2D eigenvalue weighted by Gasteiger charge is 2.28. The molecule has 1 unspecified atom stereocenters. The standard InChI is InChI=1S/C14H12F4/c1-7-3-9(15)13(10(16)4-7)14-11(17)5-8(2)6-12(14)18/h3-5,12H,6H2,1-2H3. The van der Waals surface area contributed by atoms with Crippen molar-refractivity contribution in [2.45, 2.75) is 26.4 Å². The van der Waals surface area contributed by atoms with Crippen molar-refractivity contribution < 1.29 is 17.6 Å². The molecule has 0 saturated carbocycles. The van der Waals surface area contributed by atoms with Crippen LogP contribution in [0.4, 0.5) is 17.6 Å². The van der Waals surface area contributed by atoms with E-state index < -0.39 is 34.8 Å². The lowest BCUT2D eigenvalue weighted by molar-refractivity contribution is 0.395. The van der Waals surface area contributed by atoms with Gasteiger partial charge < -0.3 is 0 Å². The number of halogens is 4. The summed E-state index contributed by atoms with van der Waals surface area (Å²) in [5.41, 5.74) is -0.255. The second kappa shape index (κ2) is 4.59. The van der Waals surface area contributed by atoms with Gasteiger partial charge in [-0.1, -0.05) is 5.57 Å². The first-order valence-electron chi connectivity index (χ1n) is 5.57. The van der Waals surface area contributed by atoms with Crippen LogP contribution in [0, 0.1) is 18.6 Å². The highest BCUT2D eigenvalue weighted by molar-refractivity contribution is 5.75. The summed E-state index contributed by atoms with van der Waals surface area (Å²) in [7, 11) is 0. The number of hydrogen-bond acceptors (Lipinski definition) is 0. The Labute approximate surface area is 103 Å². The molecule has 2 rings (SSSR count). The SMILES string of the molecule is CC1=CC(F)=C(c2c(F)cc(C)cc2F)C(F)C1. The lowest BCUT2D eigenvalue weighted by atomic mass is 9.90. The molecule has 0 aliphatic heterocycles. The molecule has 1 aliphatic rings. The summed E-state index contributed by atoms with van der Waals surface area (Å²) in [5, 5.41) is 0. The number of aryl methyl sites for hydroxylation is 1. The summed E-state index contributed by atoms with van der Waals surface area (Å²) in [6.07, 6.45) is -0.652. The maximum absolute atomic E-state index is 13.8. The Morgan fingerprint density at radius 3 is 2.11 bits per heavy atom. The van der Waals surface area contributed by atoms with Crippen molar-refractivity contribution in [2.24, 2.45) is 0 Å². The Morgan fingerprint density at radius 1 is 1.06 bits per heavy atom. The predicted octanol–water partition coefficient (Wildman–Crippen LogP) is 4.64. The molecule has 1 aromatic rings. The summed E-state index contributed by atoms with van der Waals surface area (Å²) in [6, 6.07) is 2.13. The molecule has 0 radical (unpaired) electrons. The first-order valence-corrected chi connectivity index (χ1v) is 5.57. The smallest absolute Gasteiger partial charge is 0.134 e. The van der Waals surface area contributed by atoms with Gasteiger partial charge in [-0.3, -0.25) is 0 Å². The first-order chi connectivity index (χ1) is 8.40. The maximum atomic E-state index is 13.8. The van der Waals surface area contributed by atoms with E-state index in [0.29, 0.717) is 11.1 Å². The van der Waals surface area contributed by atoms with Gasteiger partial charge in [0.05, 0.1) is 5.56 Å². The van der Waals surface area contributed by atoms with Gasteiger partial charge in [-0.25, -0.2) is 17.6 Å². The normalized spacial score (nSPS) is 20.1. The molecular weight excluding hydrogens is 244 g/mol. The molecule has 0 bridgehead atoms. The first kappa shape index (κ1) is 12.9. The number of alkyl halides is 1. The van der Waals surface area contributed by atoms with E-state index in [0.717, 1.165) is 18.2 Å². The third-order valence-corrected chi connectivity index (χ3v) is 2.90. The molecule has 0 N–H and O–H groups in total. The van der Waals surface area contributed by atoms with Crippen LogP contribution in [0.5, 0.6) is 0 Å². The Bertz CT molecular complexity index is 532. The number of rotatable bonds is 1. The number of hydrogen-bond donors (Lipinski definition) is 0. The fourth-order valence-corrected chi connectivity index (χ4v) is 2.12. The zero-order valence-corrected chi connectivity index (χ0v) is 10.0. The van der Waals surface area contributed by atoms with Crippen LogP contribution in [0.15, 0.2) is 29.6 Å². The molecule has 0 amide bonds. The van der Waals surface area contributed by atoms with Gasteiger partial charge in [-0.05, 0) is 37.6 Å². The van der Waals surface area contributed by atoms with Crippen molar-refractivity contribution in [2.75, 3.05) is 0 Å². The van der Waals surface area contributed by atoms with E-state index in [9.17, 15) is 17.6 Å². The molecule has 96 valence electrons. The summed E-state index contributed by atoms with van der Waals surface area (Å²) in [4.78, 5) is 0. The maximum Gasteiger partial charge on any atom is 0.134 e. The van der Waals surface area contributed by atoms with Gasteiger partial charge in [0.25, 0.3) is 0 Å². The van der Waals surface area contributed by atoms with Crippen LogP contribution in [0.25, 0.3) is 5.57 Å². The van der Waals surface area contributed by atoms with E-state index in [4.69, 9.17) is 0 Å². The van der Waals surface area contributed by atoms with Gasteiger partial charge in [0.1, 0.15) is 23.6 Å². The van der Waals surface area contributed by atoms with Gasteiger partial charge in [0.15, 0.2) is 0 Å². The number of allylic oxidation sites excluding steroid dienone is 4. The van der Waals surface area contributed by atoms with Crippen LogP contribution in [-0.4, -0.2) is 6.17 Å².